The van der Waals surface area contributed by atoms with Crippen LogP contribution < -0.4 is 31.9 Å². The van der Waals surface area contributed by atoms with Crippen molar-refractivity contribution in [1.82, 2.24) is 31.9 Å². The molecule has 0 bridgehead atoms. The van der Waals surface area contributed by atoms with Crippen LogP contribution >= 0.6 is 0 Å². The number of aliphatic hydroxyl groups excluding tert-OH is 30. The lowest BCUT2D eigenvalue weighted by atomic mass is 9.93. The first-order valence-electron chi connectivity index (χ1n) is 47.9. The Bertz CT molecular complexity index is 4230. The molecule has 12 aliphatic rings. The van der Waals surface area contributed by atoms with E-state index < -0.39 is 470 Å². The van der Waals surface area contributed by atoms with Crippen molar-refractivity contribution in [3.05, 3.63) is 0 Å². The summed E-state index contributed by atoms with van der Waals surface area (Å²) in [5.41, 5.74) is 0. The third-order valence-electron chi connectivity index (χ3n) is 27.4. The van der Waals surface area contributed by atoms with Gasteiger partial charge in [0.05, 0.1) is 78.3 Å². The van der Waals surface area contributed by atoms with Gasteiger partial charge in [0.15, 0.2) is 75.5 Å². The van der Waals surface area contributed by atoms with E-state index >= 15 is 0 Å². The summed E-state index contributed by atoms with van der Waals surface area (Å²) < 4.78 is 142. The predicted octanol–water partition coefficient (Wildman–Crippen LogP) is -24.2. The molecule has 0 saturated carbocycles. The molecular weight excluding hydrogens is 2040 g/mol. The van der Waals surface area contributed by atoms with Crippen molar-refractivity contribution in [3.8, 4) is 0 Å². The molecular formula is C84H140N6O59. The van der Waals surface area contributed by atoms with Crippen LogP contribution in [0.1, 0.15) is 55.4 Å². The highest BCUT2D eigenvalue weighted by molar-refractivity contribution is 5.75. The number of rotatable bonds is 38. The van der Waals surface area contributed by atoms with E-state index in [1.54, 1.807) is 0 Å². The fourth-order valence-electron chi connectivity index (χ4n) is 19.5. The third-order valence-corrected chi connectivity index (χ3v) is 27.4. The summed E-state index contributed by atoms with van der Waals surface area (Å²) in [5, 5.41) is 358. The van der Waals surface area contributed by atoms with Crippen LogP contribution in [0, 0.1) is 0 Å². The fourth-order valence-corrected chi connectivity index (χ4v) is 19.5. The van der Waals surface area contributed by atoms with E-state index in [1.807, 2.05) is 0 Å². The molecule has 60 atom stereocenters. The summed E-state index contributed by atoms with van der Waals surface area (Å²) in [4.78, 5) is 78.8. The summed E-state index contributed by atoms with van der Waals surface area (Å²) in [5.74, 6) is -5.96. The molecule has 12 saturated heterocycles. The van der Waals surface area contributed by atoms with E-state index in [1.165, 1.54) is 13.8 Å². The highest BCUT2D eigenvalue weighted by Gasteiger charge is 2.65. The smallest absolute Gasteiger partial charge is 0.217 e. The molecule has 65 nitrogen and oxygen atoms in total. The zero-order valence-corrected chi connectivity index (χ0v) is 81.0. The van der Waals surface area contributed by atoms with Gasteiger partial charge in [-0.25, -0.2) is 0 Å². The van der Waals surface area contributed by atoms with Crippen LogP contribution in [0.4, 0.5) is 0 Å². The summed E-state index contributed by atoms with van der Waals surface area (Å²) in [7, 11) is 0. The van der Waals surface area contributed by atoms with Gasteiger partial charge in [-0.15, -0.1) is 0 Å². The molecule has 12 rings (SSSR count). The predicted molar refractivity (Wildman–Crippen MR) is 462 cm³/mol. The number of carbonyl (C=O) groups excluding carboxylic acids is 6. The van der Waals surface area contributed by atoms with Gasteiger partial charge in [-0.3, -0.25) is 28.8 Å². The van der Waals surface area contributed by atoms with Crippen LogP contribution in [-0.4, -0.2) is 623 Å². The largest absolute Gasteiger partial charge is 0.394 e. The quantitative estimate of drug-likeness (QED) is 0.0273. The maximum absolute atomic E-state index is 13.8. The Morgan fingerprint density at radius 1 is 0.188 bits per heavy atom. The van der Waals surface area contributed by atoms with Crippen LogP contribution in [-0.2, 0) is 138 Å². The van der Waals surface area contributed by atoms with Crippen LogP contribution in [0.15, 0.2) is 0 Å². The molecule has 6 amide bonds. The molecule has 65 heteroatoms. The summed E-state index contributed by atoms with van der Waals surface area (Å²) in [6.07, 6.45) is -118. The van der Waals surface area contributed by atoms with E-state index in [2.05, 4.69) is 31.9 Å². The minimum Gasteiger partial charge on any atom is -0.394 e. The zero-order chi connectivity index (χ0) is 110. The third kappa shape index (κ3) is 27.5. The van der Waals surface area contributed by atoms with Crippen molar-refractivity contribution in [3.63, 3.8) is 0 Å². The summed E-state index contributed by atoms with van der Waals surface area (Å²) >= 11 is 0. The molecule has 0 aliphatic carbocycles. The lowest BCUT2D eigenvalue weighted by Crippen LogP contribution is -2.72. The first-order chi connectivity index (χ1) is 70.4. The fraction of sp³-hybridized carbons (Fsp3) is 0.929. The molecule has 12 fully saturated rings. The first-order valence-corrected chi connectivity index (χ1v) is 47.9. The second-order valence-electron chi connectivity index (χ2n) is 38.1. The zero-order valence-electron chi connectivity index (χ0n) is 81.0. The second-order valence-corrected chi connectivity index (χ2v) is 38.1. The van der Waals surface area contributed by atoms with Crippen LogP contribution in [0.2, 0.25) is 0 Å². The minimum absolute atomic E-state index is 0.840. The Morgan fingerprint density at radius 3 is 0.812 bits per heavy atom. The van der Waals surface area contributed by atoms with Gasteiger partial charge in [-0.2, -0.15) is 0 Å². The Labute approximate surface area is 845 Å². The average molecular weight is 2180 g/mol. The van der Waals surface area contributed by atoms with Crippen molar-refractivity contribution in [2.75, 3.05) is 66.1 Å². The molecule has 0 spiro atoms. The molecule has 12 heterocycles. The number of nitrogens with one attached hydrogen (secondary N) is 6. The highest BCUT2D eigenvalue weighted by atomic mass is 16.8. The molecule has 36 N–H and O–H groups in total. The monoisotopic (exact) mass is 2180 g/mol. The van der Waals surface area contributed by atoms with Gasteiger partial charge in [0, 0.05) is 41.5 Å². The minimum atomic E-state index is -2.87. The number of ether oxygens (including phenoxy) is 23. The number of amides is 6. The average Bonchev–Trinajstić information content (AvgIpc) is 0.753. The van der Waals surface area contributed by atoms with Crippen LogP contribution in [0.5, 0.6) is 0 Å². The van der Waals surface area contributed by atoms with Gasteiger partial charge in [0.25, 0.3) is 0 Å². The van der Waals surface area contributed by atoms with Gasteiger partial charge in [-0.05, 0) is 13.8 Å². The molecule has 860 valence electrons. The summed E-state index contributed by atoms with van der Waals surface area (Å²) in [6.45, 7) is -4.28. The molecule has 0 aromatic carbocycles. The van der Waals surface area contributed by atoms with Crippen molar-refractivity contribution in [2.45, 2.75) is 423 Å². The number of hydrogen-bond donors (Lipinski definition) is 36. The normalized spacial score (nSPS) is 49.0. The van der Waals surface area contributed by atoms with E-state index in [0.717, 1.165) is 41.5 Å². The van der Waals surface area contributed by atoms with Crippen molar-refractivity contribution < 1.29 is 291 Å². The molecule has 0 aromatic heterocycles. The lowest BCUT2D eigenvalue weighted by molar-refractivity contribution is -0.412. The van der Waals surface area contributed by atoms with Gasteiger partial charge in [-0.1, -0.05) is 0 Å². The van der Waals surface area contributed by atoms with E-state index in [4.69, 9.17) is 109 Å². The van der Waals surface area contributed by atoms with Crippen molar-refractivity contribution in [2.24, 2.45) is 0 Å². The first kappa shape index (κ1) is 122. The van der Waals surface area contributed by atoms with Gasteiger partial charge >= 0.3 is 0 Å². The Kier molecular flexibility index (Phi) is 43.8. The SMILES string of the molecule is CC(=O)N[C@H]1[C@H](O[C@H]2[C@H](O)[C@@H](NC(C)=O)C(O)O[C@@H]2CO[C@@H]2O[C@@H](C)[C@@H](O)[C@@H](O)[C@@H]2O)O[C@H](CO)[C@@H](O[C@@H]2O[C@H](CO[C@H]3O[C@H](CO)[C@@H](O)[C@H](O)[C@@H]3O[C@@H]3O[C@H](CO)[C@@H](O)[C@H](O)[C@H]3NC(C)=O)[C@@H](O[C@@H]3O[C@H](CO)[C@@H](O)[C@H](O)[C@H]3NC(C)=O)[C@H](O[C@H]3O[C@H](CO)[C@@H](O)[C@H](O)[C@@H]3O[C@@H]3O[C@H](CO)[C@@H](O[C@@H]4O[C@H](CO)[C@H](O)[C@H](O[C@H]5O[C@H](CO)[C@H](O)[C@H](O)[C@H]5NC(C)=O)[C@H]4O[C@@H]4O[C@@H](C)[C@@H](O)[C@@H](O)[C@@H]4O)[C@H](O)[C@H]3NC(C)=O)[C@@H]2O)[C@@H]1O. The Balaban J connectivity index is 0.957. The molecule has 0 aromatic rings. The molecule has 1 unspecified atom stereocenters. The maximum atomic E-state index is 13.8. The van der Waals surface area contributed by atoms with Gasteiger partial charge < -0.3 is 294 Å². The van der Waals surface area contributed by atoms with Gasteiger partial charge in [0.2, 0.25) is 35.4 Å². The molecule has 0 radical (unpaired) electrons. The van der Waals surface area contributed by atoms with Crippen molar-refractivity contribution in [1.29, 1.82) is 0 Å². The Morgan fingerprint density at radius 2 is 0.423 bits per heavy atom. The summed E-state index contributed by atoms with van der Waals surface area (Å²) in [6, 6.07) is -12.1. The van der Waals surface area contributed by atoms with Crippen LogP contribution in [0.25, 0.3) is 0 Å². The molecule has 12 aliphatic heterocycles. The van der Waals surface area contributed by atoms with Crippen LogP contribution in [0.3, 0.4) is 0 Å². The maximum Gasteiger partial charge on any atom is 0.217 e. The van der Waals surface area contributed by atoms with E-state index in [0.29, 0.717) is 0 Å². The van der Waals surface area contributed by atoms with E-state index in [9.17, 15) is 182 Å². The van der Waals surface area contributed by atoms with Crippen molar-refractivity contribution >= 4 is 35.4 Å². The van der Waals surface area contributed by atoms with Gasteiger partial charge in [0.1, 0.15) is 280 Å². The second kappa shape index (κ2) is 53.4. The van der Waals surface area contributed by atoms with E-state index in [-0.39, 0.29) is 0 Å². The highest BCUT2D eigenvalue weighted by Crippen LogP contribution is 2.44. The number of aliphatic hydroxyl groups is 30. The number of hydrogen-bond acceptors (Lipinski definition) is 59. The standard InChI is InChI=1S/C84H140N6O59/c1-19-43(105)57(119)61(123)79(129-19)127-17-35-66(54(116)37(73(126)131-35)85-21(3)99)141-77-41(89-25(7)103)55(117)64(33(15-97)138-77)142-81-63(125)69(67(144-74-38(86-22(4)100)51(113)45(107)27(9-91)132-74)36(140-81)18-128-82-70(59(121)48(110)30(12-94)135-82)147-76-40(88-24(6)102)53(115)47(109)29(11-93)134-76)146-83-71(60(122)49(111)31(13-95)136-83)148-78-42(90-26(8)104)56(118)65(34(16-98)139-78)143-84-72(149-80-62(124)58(120)44(106)20(2)130-80)68(50(112)32(14-96)137-84)145-75-39(87-23(5)101)52(114)46(108)28(10-92)133-75/h19-20,27-84,91-98,105-126H,9-18H2,1-8H3,(H,85,99)(H,86,100)(H,87,101)(H,88,102)(H,89,103)(H,90,104)/t19-,20-,27+,28+,29+,30+,31+,32+,33+,34+,35+,36+,37+,38+,39+,40+,41+,42+,43+,44+,45+,46-,47+,48+,49+,50-,51+,52+,53+,54+,55+,56+,57+,58+,59-,60-,61-,62-,63-,64+,65+,66+,67+,68-,69+,70-,71-,72+,73?,74-,75+,76-,77-,78-,79+,80-,81-,82-,83+,84-/m0/s1. The lowest BCUT2D eigenvalue weighted by Gasteiger charge is -2.52. The topological polar surface area (TPSA) is 994 Å². The molecule has 149 heavy (non-hydrogen) atoms. The number of carbonyl (C=O) groups is 6. The Hall–Kier alpha value is -5.30.